The highest BCUT2D eigenvalue weighted by Gasteiger charge is 2.18. The molecule has 0 bridgehead atoms. The largest absolute Gasteiger partial charge is 0.505 e. The first kappa shape index (κ1) is 15.5. The van der Waals surface area contributed by atoms with E-state index in [-0.39, 0.29) is 35.8 Å². The number of carbonyl (C=O) groups excluding carboxylic acids is 1. The molecular formula is C10H14ClFN2O3. The molecule has 0 saturated carbocycles. The first-order valence-electron chi connectivity index (χ1n) is 4.56. The maximum atomic E-state index is 13.0. The molecule has 5 N–H and O–H groups in total. The number of carbonyl (C=O) groups is 1. The van der Waals surface area contributed by atoms with Crippen LogP contribution in [0.25, 0.3) is 0 Å². The minimum Gasteiger partial charge on any atom is -0.505 e. The molecule has 0 radical (unpaired) electrons. The summed E-state index contributed by atoms with van der Waals surface area (Å²) in [5.74, 6) is -1.47. The number of anilines is 1. The fraction of sp³-hybridized carbons (Fsp3) is 0.300. The molecule has 1 rings (SSSR count). The number of nitrogens with two attached hydrogens (primary N) is 2. The van der Waals surface area contributed by atoms with Crippen molar-refractivity contribution in [1.29, 1.82) is 0 Å². The lowest BCUT2D eigenvalue weighted by Crippen LogP contribution is -2.17. The Balaban J connectivity index is 0.00000256. The van der Waals surface area contributed by atoms with Gasteiger partial charge < -0.3 is 21.3 Å². The summed E-state index contributed by atoms with van der Waals surface area (Å²) in [4.78, 5) is 11.0. The van der Waals surface area contributed by atoms with Crippen LogP contribution in [0.3, 0.4) is 0 Å². The highest BCUT2D eigenvalue weighted by Crippen LogP contribution is 2.31. The van der Waals surface area contributed by atoms with Crippen LogP contribution < -0.4 is 11.5 Å². The number of rotatable bonds is 3. The third kappa shape index (κ3) is 3.76. The molecule has 17 heavy (non-hydrogen) atoms. The quantitative estimate of drug-likeness (QED) is 0.431. The van der Waals surface area contributed by atoms with Crippen molar-refractivity contribution in [2.24, 2.45) is 5.73 Å². The number of methoxy groups -OCH3 is 1. The molecule has 5 nitrogen and oxygen atoms in total. The lowest BCUT2D eigenvalue weighted by atomic mass is 10.0. The Labute approximate surface area is 104 Å². The lowest BCUT2D eigenvalue weighted by molar-refractivity contribution is -0.141. The van der Waals surface area contributed by atoms with Gasteiger partial charge in [-0.3, -0.25) is 4.79 Å². The van der Waals surface area contributed by atoms with Gasteiger partial charge in [-0.15, -0.1) is 12.4 Å². The van der Waals surface area contributed by atoms with Crippen LogP contribution in [0, 0.1) is 5.82 Å². The van der Waals surface area contributed by atoms with Crippen LogP contribution in [0.5, 0.6) is 5.75 Å². The van der Waals surface area contributed by atoms with E-state index in [1.165, 1.54) is 7.11 Å². The van der Waals surface area contributed by atoms with E-state index in [0.717, 1.165) is 12.1 Å². The Morgan fingerprint density at radius 2 is 2.18 bits per heavy atom. The zero-order chi connectivity index (χ0) is 12.3. The second kappa shape index (κ2) is 6.27. The van der Waals surface area contributed by atoms with Gasteiger partial charge in [0.15, 0.2) is 0 Å². The summed E-state index contributed by atoms with van der Waals surface area (Å²) >= 11 is 0. The van der Waals surface area contributed by atoms with E-state index in [4.69, 9.17) is 11.5 Å². The van der Waals surface area contributed by atoms with Crippen molar-refractivity contribution in [2.45, 2.75) is 12.5 Å². The first-order chi connectivity index (χ1) is 7.45. The number of esters is 1. The summed E-state index contributed by atoms with van der Waals surface area (Å²) in [5, 5.41) is 9.55. The van der Waals surface area contributed by atoms with Gasteiger partial charge in [0.05, 0.1) is 19.2 Å². The van der Waals surface area contributed by atoms with Gasteiger partial charge in [-0.1, -0.05) is 0 Å². The number of aromatic hydroxyl groups is 1. The van der Waals surface area contributed by atoms with Crippen molar-refractivity contribution in [1.82, 2.24) is 0 Å². The molecular weight excluding hydrogens is 251 g/mol. The van der Waals surface area contributed by atoms with E-state index in [9.17, 15) is 14.3 Å². The molecule has 0 aliphatic heterocycles. The zero-order valence-electron chi connectivity index (χ0n) is 9.14. The molecule has 0 amide bonds. The van der Waals surface area contributed by atoms with Gasteiger partial charge in [-0.05, 0) is 6.07 Å². The van der Waals surface area contributed by atoms with Gasteiger partial charge in [0.2, 0.25) is 0 Å². The van der Waals surface area contributed by atoms with E-state index in [0.29, 0.717) is 0 Å². The fourth-order valence-electron chi connectivity index (χ4n) is 1.30. The third-order valence-electron chi connectivity index (χ3n) is 2.15. The molecule has 96 valence electrons. The third-order valence-corrected chi connectivity index (χ3v) is 2.15. The Morgan fingerprint density at radius 1 is 1.59 bits per heavy atom. The lowest BCUT2D eigenvalue weighted by Gasteiger charge is -2.13. The smallest absolute Gasteiger partial charge is 0.307 e. The molecule has 0 saturated heterocycles. The van der Waals surface area contributed by atoms with Crippen molar-refractivity contribution in [3.05, 3.63) is 23.5 Å². The summed E-state index contributed by atoms with van der Waals surface area (Å²) < 4.78 is 17.4. The average Bonchev–Trinajstić information content (AvgIpc) is 2.22. The Hall–Kier alpha value is -1.53. The highest BCUT2D eigenvalue weighted by atomic mass is 35.5. The van der Waals surface area contributed by atoms with Gasteiger partial charge in [-0.2, -0.15) is 0 Å². The Kier molecular flexibility index (Phi) is 5.70. The van der Waals surface area contributed by atoms with E-state index >= 15 is 0 Å². The van der Waals surface area contributed by atoms with E-state index in [1.807, 2.05) is 0 Å². The Morgan fingerprint density at radius 3 is 2.71 bits per heavy atom. The number of halogens is 2. The predicted molar refractivity (Wildman–Crippen MR) is 63.3 cm³/mol. The number of nitrogen functional groups attached to an aromatic ring is 1. The minimum absolute atomic E-state index is 0. The highest BCUT2D eigenvalue weighted by molar-refractivity contribution is 5.85. The minimum atomic E-state index is -0.856. The monoisotopic (exact) mass is 264 g/mol. The van der Waals surface area contributed by atoms with Crippen LogP contribution in [-0.2, 0) is 9.53 Å². The molecule has 7 heteroatoms. The van der Waals surface area contributed by atoms with Crippen molar-refractivity contribution in [3.8, 4) is 5.75 Å². The summed E-state index contributed by atoms with van der Waals surface area (Å²) in [6.45, 7) is 0. The summed E-state index contributed by atoms with van der Waals surface area (Å²) in [7, 11) is 1.22. The van der Waals surface area contributed by atoms with Crippen molar-refractivity contribution in [2.75, 3.05) is 12.8 Å². The van der Waals surface area contributed by atoms with Gasteiger partial charge in [0.25, 0.3) is 0 Å². The van der Waals surface area contributed by atoms with E-state index < -0.39 is 17.8 Å². The summed E-state index contributed by atoms with van der Waals surface area (Å²) in [6, 6.07) is 1.16. The molecule has 0 aliphatic rings. The predicted octanol–water partition coefficient (Wildman–Crippen LogP) is 1.10. The van der Waals surface area contributed by atoms with Crippen molar-refractivity contribution >= 4 is 24.1 Å². The topological polar surface area (TPSA) is 98.6 Å². The number of phenolic OH excluding ortho intramolecular Hbond substituents is 1. The average molecular weight is 265 g/mol. The van der Waals surface area contributed by atoms with Crippen molar-refractivity contribution < 1.29 is 19.0 Å². The van der Waals surface area contributed by atoms with Crippen LogP contribution in [0.4, 0.5) is 10.1 Å². The molecule has 1 atom stereocenters. The number of phenols is 1. The molecule has 1 aromatic rings. The van der Waals surface area contributed by atoms with Gasteiger partial charge in [0, 0.05) is 17.7 Å². The van der Waals surface area contributed by atoms with E-state index in [2.05, 4.69) is 4.74 Å². The molecule has 0 fully saturated rings. The molecule has 0 heterocycles. The molecule has 0 aromatic heterocycles. The summed E-state index contributed by atoms with van der Waals surface area (Å²) in [5.41, 5.74) is 11.0. The van der Waals surface area contributed by atoms with Crippen LogP contribution in [0.1, 0.15) is 18.0 Å². The van der Waals surface area contributed by atoms with Crippen molar-refractivity contribution in [3.63, 3.8) is 0 Å². The summed E-state index contributed by atoms with van der Waals surface area (Å²) in [6.07, 6.45) is -0.160. The second-order valence-electron chi connectivity index (χ2n) is 3.32. The standard InChI is InChI=1S/C10H13FN2O3.ClH/c1-16-9(14)4-7(12)6-2-5(11)3-8(13)10(6)15;/h2-3,7,15H,4,12-13H2,1H3;1H/t7-;/m0./s1. The number of hydrogen-bond donors (Lipinski definition) is 3. The SMILES string of the molecule is COC(=O)C[C@H](N)c1cc(F)cc(N)c1O.Cl. The Bertz CT molecular complexity index is 415. The van der Waals surface area contributed by atoms with Crippen LogP contribution in [-0.4, -0.2) is 18.2 Å². The fourth-order valence-corrected chi connectivity index (χ4v) is 1.30. The van der Waals surface area contributed by atoms with Crippen LogP contribution in [0.15, 0.2) is 12.1 Å². The number of benzene rings is 1. The first-order valence-corrected chi connectivity index (χ1v) is 4.56. The molecule has 0 spiro atoms. The number of hydrogen-bond acceptors (Lipinski definition) is 5. The van der Waals surface area contributed by atoms with Crippen LogP contribution in [0.2, 0.25) is 0 Å². The normalized spacial score (nSPS) is 11.5. The second-order valence-corrected chi connectivity index (χ2v) is 3.32. The van der Waals surface area contributed by atoms with E-state index in [1.54, 1.807) is 0 Å². The molecule has 0 aliphatic carbocycles. The van der Waals surface area contributed by atoms with Gasteiger partial charge in [0.1, 0.15) is 11.6 Å². The van der Waals surface area contributed by atoms with Crippen LogP contribution >= 0.6 is 12.4 Å². The van der Waals surface area contributed by atoms with Gasteiger partial charge >= 0.3 is 5.97 Å². The molecule has 1 aromatic carbocycles. The molecule has 0 unspecified atom stereocenters. The maximum Gasteiger partial charge on any atom is 0.307 e. The van der Waals surface area contributed by atoms with Gasteiger partial charge in [-0.25, -0.2) is 4.39 Å². The zero-order valence-corrected chi connectivity index (χ0v) is 9.96. The maximum absolute atomic E-state index is 13.0. The number of ether oxygens (including phenoxy) is 1.